The van der Waals surface area contributed by atoms with Crippen LogP contribution in [-0.2, 0) is 10.8 Å². The van der Waals surface area contributed by atoms with Crippen molar-refractivity contribution < 1.29 is 4.18 Å². The summed E-state index contributed by atoms with van der Waals surface area (Å²) in [4.78, 5) is 1.29. The highest BCUT2D eigenvalue weighted by Gasteiger charge is 2.00. The Morgan fingerprint density at radius 3 is 2.06 bits per heavy atom. The summed E-state index contributed by atoms with van der Waals surface area (Å²) in [5, 5.41) is 0. The van der Waals surface area contributed by atoms with Crippen LogP contribution < -0.4 is 0 Å². The molecule has 0 N–H and O–H groups in total. The highest BCUT2D eigenvalue weighted by atomic mass is 32.2. The molecule has 0 aliphatic heterocycles. The van der Waals surface area contributed by atoms with E-state index in [4.69, 9.17) is 4.18 Å². The standard InChI is InChI=1S/C14H16OS/c1-16(14-10-6-3-7-11-14)15-12-13-8-4-2-5-9-13/h2-11,16H,12H2,1H3. The first-order valence-electron chi connectivity index (χ1n) is 5.32. The summed E-state index contributed by atoms with van der Waals surface area (Å²) in [5.41, 5.74) is 1.23. The molecule has 0 bridgehead atoms. The summed E-state index contributed by atoms with van der Waals surface area (Å²) in [6.45, 7) is 0.692. The monoisotopic (exact) mass is 232 g/mol. The van der Waals surface area contributed by atoms with Gasteiger partial charge in [0.25, 0.3) is 0 Å². The van der Waals surface area contributed by atoms with Crippen LogP contribution in [0.5, 0.6) is 0 Å². The Hall–Kier alpha value is -1.25. The van der Waals surface area contributed by atoms with Gasteiger partial charge in [0, 0.05) is 4.90 Å². The van der Waals surface area contributed by atoms with Gasteiger partial charge in [0.2, 0.25) is 0 Å². The number of thiol groups is 1. The van der Waals surface area contributed by atoms with Crippen molar-refractivity contribution in [2.24, 2.45) is 0 Å². The van der Waals surface area contributed by atoms with Crippen molar-refractivity contribution in [3.63, 3.8) is 0 Å². The molecule has 0 heterocycles. The van der Waals surface area contributed by atoms with Crippen molar-refractivity contribution in [2.75, 3.05) is 6.26 Å². The summed E-state index contributed by atoms with van der Waals surface area (Å²) < 4.78 is 5.88. The normalized spacial score (nSPS) is 13.4. The van der Waals surface area contributed by atoms with Crippen molar-refractivity contribution in [1.29, 1.82) is 0 Å². The van der Waals surface area contributed by atoms with E-state index in [1.54, 1.807) is 0 Å². The molecule has 0 saturated heterocycles. The van der Waals surface area contributed by atoms with Crippen molar-refractivity contribution in [2.45, 2.75) is 11.5 Å². The van der Waals surface area contributed by atoms with E-state index in [0.29, 0.717) is 6.61 Å². The Morgan fingerprint density at radius 1 is 0.875 bits per heavy atom. The molecule has 0 spiro atoms. The lowest BCUT2D eigenvalue weighted by Crippen LogP contribution is -1.90. The average molecular weight is 232 g/mol. The molecule has 1 unspecified atom stereocenters. The van der Waals surface area contributed by atoms with E-state index in [1.807, 2.05) is 24.3 Å². The molecule has 0 aromatic heterocycles. The SMILES string of the molecule is C[SH](OCc1ccccc1)c1ccccc1. The molecule has 2 heteroatoms. The predicted octanol–water partition coefficient (Wildman–Crippen LogP) is 3.81. The van der Waals surface area contributed by atoms with Crippen LogP contribution in [0.4, 0.5) is 0 Å². The molecule has 2 rings (SSSR count). The molecule has 2 aromatic rings. The van der Waals surface area contributed by atoms with Gasteiger partial charge in [-0.2, -0.15) is 0 Å². The van der Waals surface area contributed by atoms with Gasteiger partial charge in [-0.1, -0.05) is 48.5 Å². The fraction of sp³-hybridized carbons (Fsp3) is 0.143. The third kappa shape index (κ3) is 3.12. The van der Waals surface area contributed by atoms with Gasteiger partial charge in [-0.3, -0.25) is 0 Å². The summed E-state index contributed by atoms with van der Waals surface area (Å²) in [6.07, 6.45) is 2.15. The van der Waals surface area contributed by atoms with E-state index in [-0.39, 0.29) is 0 Å². The Morgan fingerprint density at radius 2 is 1.44 bits per heavy atom. The lowest BCUT2D eigenvalue weighted by atomic mass is 10.2. The number of hydrogen-bond donors (Lipinski definition) is 1. The molecule has 0 aliphatic rings. The Bertz CT molecular complexity index is 413. The molecule has 2 aromatic carbocycles. The van der Waals surface area contributed by atoms with E-state index in [0.717, 1.165) is 0 Å². The molecule has 0 radical (unpaired) electrons. The van der Waals surface area contributed by atoms with E-state index in [2.05, 4.69) is 42.7 Å². The van der Waals surface area contributed by atoms with Crippen LogP contribution in [0.3, 0.4) is 0 Å². The first-order valence-corrected chi connectivity index (χ1v) is 7.02. The third-order valence-corrected chi connectivity index (χ3v) is 3.93. The van der Waals surface area contributed by atoms with Crippen LogP contribution >= 0.6 is 11.2 Å². The fourth-order valence-electron chi connectivity index (χ4n) is 1.46. The summed E-state index contributed by atoms with van der Waals surface area (Å²) in [6, 6.07) is 20.7. The van der Waals surface area contributed by atoms with Crippen LogP contribution in [0, 0.1) is 0 Å². The molecular weight excluding hydrogens is 216 g/mol. The van der Waals surface area contributed by atoms with Crippen molar-refractivity contribution >= 4 is 11.2 Å². The molecular formula is C14H16OS. The van der Waals surface area contributed by atoms with Crippen molar-refractivity contribution in [1.82, 2.24) is 0 Å². The molecule has 0 fully saturated rings. The zero-order chi connectivity index (χ0) is 11.2. The lowest BCUT2D eigenvalue weighted by molar-refractivity contribution is 0.357. The van der Waals surface area contributed by atoms with E-state index >= 15 is 0 Å². The fourth-order valence-corrected chi connectivity index (χ4v) is 2.54. The van der Waals surface area contributed by atoms with E-state index in [9.17, 15) is 0 Å². The largest absolute Gasteiger partial charge is 0.331 e. The van der Waals surface area contributed by atoms with Gasteiger partial charge in [-0.15, -0.1) is 11.2 Å². The zero-order valence-corrected chi connectivity index (χ0v) is 10.2. The minimum Gasteiger partial charge on any atom is -0.331 e. The quantitative estimate of drug-likeness (QED) is 0.789. The second-order valence-corrected chi connectivity index (χ2v) is 5.36. The Balaban J connectivity index is 1.92. The minimum atomic E-state index is -0.499. The van der Waals surface area contributed by atoms with Crippen LogP contribution in [0.1, 0.15) is 5.56 Å². The lowest BCUT2D eigenvalue weighted by Gasteiger charge is -2.17. The van der Waals surface area contributed by atoms with Gasteiger partial charge in [0.15, 0.2) is 0 Å². The molecule has 1 nitrogen and oxygen atoms in total. The third-order valence-electron chi connectivity index (χ3n) is 2.39. The highest BCUT2D eigenvalue weighted by molar-refractivity contribution is 8.12. The molecule has 1 atom stereocenters. The van der Waals surface area contributed by atoms with Crippen LogP contribution in [0.2, 0.25) is 0 Å². The molecule has 0 amide bonds. The minimum absolute atomic E-state index is 0.499. The Labute approximate surface area is 99.6 Å². The van der Waals surface area contributed by atoms with E-state index < -0.39 is 11.2 Å². The van der Waals surface area contributed by atoms with Gasteiger partial charge in [-0.25, -0.2) is 0 Å². The van der Waals surface area contributed by atoms with Gasteiger partial charge in [0.05, 0.1) is 6.61 Å². The van der Waals surface area contributed by atoms with E-state index in [1.165, 1.54) is 10.5 Å². The van der Waals surface area contributed by atoms with Crippen molar-refractivity contribution in [3.05, 3.63) is 66.2 Å². The number of benzene rings is 2. The molecule has 0 saturated carbocycles. The summed E-state index contributed by atoms with van der Waals surface area (Å²) >= 11 is -0.499. The van der Waals surface area contributed by atoms with Gasteiger partial charge in [-0.05, 0) is 24.0 Å². The van der Waals surface area contributed by atoms with Gasteiger partial charge >= 0.3 is 0 Å². The first-order chi connectivity index (χ1) is 7.86. The smallest absolute Gasteiger partial charge is 0.0844 e. The second kappa shape index (κ2) is 5.73. The number of rotatable bonds is 4. The van der Waals surface area contributed by atoms with Gasteiger partial charge in [0.1, 0.15) is 0 Å². The summed E-state index contributed by atoms with van der Waals surface area (Å²) in [7, 11) is 0. The number of hydrogen-bond acceptors (Lipinski definition) is 1. The maximum Gasteiger partial charge on any atom is 0.0844 e. The van der Waals surface area contributed by atoms with Crippen molar-refractivity contribution in [3.8, 4) is 0 Å². The maximum absolute atomic E-state index is 5.88. The topological polar surface area (TPSA) is 9.23 Å². The highest BCUT2D eigenvalue weighted by Crippen LogP contribution is 2.33. The first kappa shape index (κ1) is 11.2. The molecule has 84 valence electrons. The Kier molecular flexibility index (Phi) is 4.03. The average Bonchev–Trinajstić information content (AvgIpc) is 2.38. The predicted molar refractivity (Wildman–Crippen MR) is 70.8 cm³/mol. The molecule has 0 aliphatic carbocycles. The molecule has 16 heavy (non-hydrogen) atoms. The second-order valence-electron chi connectivity index (χ2n) is 3.59. The zero-order valence-electron chi connectivity index (χ0n) is 9.34. The van der Waals surface area contributed by atoms with Crippen LogP contribution in [0.15, 0.2) is 65.6 Å². The maximum atomic E-state index is 5.88. The van der Waals surface area contributed by atoms with Gasteiger partial charge < -0.3 is 4.18 Å². The van der Waals surface area contributed by atoms with Crippen LogP contribution in [-0.4, -0.2) is 6.26 Å². The van der Waals surface area contributed by atoms with Crippen LogP contribution in [0.25, 0.3) is 0 Å². The summed E-state index contributed by atoms with van der Waals surface area (Å²) in [5.74, 6) is 0.